The number of hydrogen-bond acceptors (Lipinski definition) is 3. The molecule has 0 fully saturated rings. The van der Waals surface area contributed by atoms with Crippen LogP contribution in [0.2, 0.25) is 0 Å². The number of halogens is 1. The van der Waals surface area contributed by atoms with Crippen molar-refractivity contribution in [3.63, 3.8) is 0 Å². The molecule has 1 N–H and O–H groups in total. The largest absolute Gasteiger partial charge is 0.488 e. The van der Waals surface area contributed by atoms with Crippen molar-refractivity contribution in [3.05, 3.63) is 52.0 Å². The lowest BCUT2D eigenvalue weighted by molar-refractivity contribution is 0.190. The third-order valence-electron chi connectivity index (χ3n) is 2.40. The van der Waals surface area contributed by atoms with Gasteiger partial charge in [-0.15, -0.1) is 0 Å². The summed E-state index contributed by atoms with van der Waals surface area (Å²) < 4.78 is 18.6. The number of ether oxygens (including phenoxy) is 1. The van der Waals surface area contributed by atoms with Gasteiger partial charge in [0, 0.05) is 11.6 Å². The second kappa shape index (κ2) is 5.29. The van der Waals surface area contributed by atoms with Crippen LogP contribution in [0.1, 0.15) is 24.2 Å². The van der Waals surface area contributed by atoms with E-state index >= 15 is 0 Å². The third-order valence-corrected chi connectivity index (χ3v) is 3.13. The average Bonchev–Trinajstić information content (AvgIpc) is 2.78. The van der Waals surface area contributed by atoms with Gasteiger partial charge >= 0.3 is 0 Å². The average molecular weight is 252 g/mol. The zero-order valence-corrected chi connectivity index (χ0v) is 10.2. The fourth-order valence-corrected chi connectivity index (χ4v) is 2.17. The lowest BCUT2D eigenvalue weighted by Gasteiger charge is -2.13. The van der Waals surface area contributed by atoms with Crippen molar-refractivity contribution in [1.29, 1.82) is 0 Å². The first kappa shape index (κ1) is 12.1. The zero-order valence-electron chi connectivity index (χ0n) is 9.39. The van der Waals surface area contributed by atoms with E-state index in [0.29, 0.717) is 17.9 Å². The molecule has 0 amide bonds. The van der Waals surface area contributed by atoms with Crippen molar-refractivity contribution >= 4 is 11.3 Å². The summed E-state index contributed by atoms with van der Waals surface area (Å²) in [6.07, 6.45) is -0.673. The van der Waals surface area contributed by atoms with E-state index in [2.05, 4.69) is 0 Å². The van der Waals surface area contributed by atoms with Crippen LogP contribution in [0.3, 0.4) is 0 Å². The maximum absolute atomic E-state index is 13.1. The molecule has 90 valence electrons. The van der Waals surface area contributed by atoms with E-state index < -0.39 is 6.10 Å². The lowest BCUT2D eigenvalue weighted by Crippen LogP contribution is -2.00. The monoisotopic (exact) mass is 252 g/mol. The van der Waals surface area contributed by atoms with E-state index in [4.69, 9.17) is 4.74 Å². The highest BCUT2D eigenvalue weighted by molar-refractivity contribution is 7.07. The van der Waals surface area contributed by atoms with Crippen LogP contribution in [0.4, 0.5) is 4.39 Å². The molecule has 2 rings (SSSR count). The van der Waals surface area contributed by atoms with Crippen LogP contribution in [0.25, 0.3) is 0 Å². The predicted molar refractivity (Wildman–Crippen MR) is 65.7 cm³/mol. The quantitative estimate of drug-likeness (QED) is 0.902. The SMILES string of the molecule is C[C@H](O)c1ccc(F)cc1OCc1ccsc1. The van der Waals surface area contributed by atoms with Gasteiger partial charge < -0.3 is 9.84 Å². The van der Waals surface area contributed by atoms with E-state index in [9.17, 15) is 9.50 Å². The molecule has 0 aliphatic carbocycles. The molecule has 0 saturated heterocycles. The molecule has 1 heterocycles. The minimum absolute atomic E-state index is 0.366. The summed E-state index contributed by atoms with van der Waals surface area (Å²) in [4.78, 5) is 0. The molecule has 0 radical (unpaired) electrons. The Balaban J connectivity index is 2.16. The van der Waals surface area contributed by atoms with E-state index in [0.717, 1.165) is 5.56 Å². The molecule has 2 aromatic rings. The maximum atomic E-state index is 13.1. The molecule has 0 spiro atoms. The number of hydrogen-bond donors (Lipinski definition) is 1. The van der Waals surface area contributed by atoms with E-state index in [1.807, 2.05) is 16.8 Å². The minimum Gasteiger partial charge on any atom is -0.488 e. The highest BCUT2D eigenvalue weighted by Crippen LogP contribution is 2.26. The lowest BCUT2D eigenvalue weighted by atomic mass is 10.1. The van der Waals surface area contributed by atoms with Gasteiger partial charge in [-0.1, -0.05) is 0 Å². The Morgan fingerprint density at radius 2 is 2.24 bits per heavy atom. The normalized spacial score (nSPS) is 12.4. The first-order valence-electron chi connectivity index (χ1n) is 5.28. The van der Waals surface area contributed by atoms with Gasteiger partial charge in [-0.3, -0.25) is 0 Å². The van der Waals surface area contributed by atoms with Crippen LogP contribution in [0.5, 0.6) is 5.75 Å². The molecule has 0 unspecified atom stereocenters. The van der Waals surface area contributed by atoms with Crippen molar-refractivity contribution in [1.82, 2.24) is 0 Å². The van der Waals surface area contributed by atoms with Gasteiger partial charge in [0.15, 0.2) is 0 Å². The molecule has 0 bridgehead atoms. The number of thiophene rings is 1. The zero-order chi connectivity index (χ0) is 12.3. The fraction of sp³-hybridized carbons (Fsp3) is 0.231. The van der Waals surface area contributed by atoms with Crippen molar-refractivity contribution < 1.29 is 14.2 Å². The molecule has 1 atom stereocenters. The standard InChI is InChI=1S/C13H13FO2S/c1-9(15)12-3-2-11(14)6-13(12)16-7-10-4-5-17-8-10/h2-6,8-9,15H,7H2,1H3/t9-/m0/s1. The number of benzene rings is 1. The van der Waals surface area contributed by atoms with Crippen LogP contribution >= 0.6 is 11.3 Å². The Kier molecular flexibility index (Phi) is 3.76. The Labute approximate surface area is 103 Å². The van der Waals surface area contributed by atoms with Gasteiger partial charge in [-0.2, -0.15) is 11.3 Å². The number of aliphatic hydroxyl groups excluding tert-OH is 1. The van der Waals surface area contributed by atoms with Crippen LogP contribution in [0, 0.1) is 5.82 Å². The van der Waals surface area contributed by atoms with Gasteiger partial charge in [0.1, 0.15) is 18.2 Å². The molecule has 0 aliphatic rings. The molecule has 4 heteroatoms. The topological polar surface area (TPSA) is 29.5 Å². The van der Waals surface area contributed by atoms with Crippen molar-refractivity contribution in [3.8, 4) is 5.75 Å². The third kappa shape index (κ3) is 3.05. The first-order valence-corrected chi connectivity index (χ1v) is 6.22. The van der Waals surface area contributed by atoms with E-state index in [-0.39, 0.29) is 5.82 Å². The molecular weight excluding hydrogens is 239 g/mol. The molecule has 17 heavy (non-hydrogen) atoms. The Hall–Kier alpha value is -1.39. The maximum Gasteiger partial charge on any atom is 0.128 e. The van der Waals surface area contributed by atoms with Gasteiger partial charge in [0.25, 0.3) is 0 Å². The smallest absolute Gasteiger partial charge is 0.128 e. The van der Waals surface area contributed by atoms with Crippen LogP contribution < -0.4 is 4.74 Å². The highest BCUT2D eigenvalue weighted by atomic mass is 32.1. The van der Waals surface area contributed by atoms with Crippen LogP contribution in [0.15, 0.2) is 35.0 Å². The summed E-state index contributed by atoms with van der Waals surface area (Å²) in [5.74, 6) is 0.0286. The summed E-state index contributed by atoms with van der Waals surface area (Å²) in [5, 5.41) is 13.5. The summed E-state index contributed by atoms with van der Waals surface area (Å²) in [5.41, 5.74) is 1.64. The summed E-state index contributed by atoms with van der Waals surface area (Å²) in [6.45, 7) is 2.01. The fourth-order valence-electron chi connectivity index (χ4n) is 1.51. The number of aliphatic hydroxyl groups is 1. The molecule has 0 saturated carbocycles. The van der Waals surface area contributed by atoms with Crippen LogP contribution in [-0.2, 0) is 6.61 Å². The summed E-state index contributed by atoms with van der Waals surface area (Å²) in [6, 6.07) is 6.11. The second-order valence-electron chi connectivity index (χ2n) is 3.78. The van der Waals surface area contributed by atoms with Crippen molar-refractivity contribution in [2.45, 2.75) is 19.6 Å². The molecule has 0 aliphatic heterocycles. The Morgan fingerprint density at radius 3 is 2.88 bits per heavy atom. The van der Waals surface area contributed by atoms with Gasteiger partial charge in [0.2, 0.25) is 0 Å². The Morgan fingerprint density at radius 1 is 1.41 bits per heavy atom. The van der Waals surface area contributed by atoms with Gasteiger partial charge in [-0.25, -0.2) is 4.39 Å². The minimum atomic E-state index is -0.673. The molecular formula is C13H13FO2S. The highest BCUT2D eigenvalue weighted by Gasteiger charge is 2.10. The summed E-state index contributed by atoms with van der Waals surface area (Å²) in [7, 11) is 0. The first-order chi connectivity index (χ1) is 8.16. The molecule has 1 aromatic carbocycles. The summed E-state index contributed by atoms with van der Waals surface area (Å²) >= 11 is 1.58. The van der Waals surface area contributed by atoms with Gasteiger partial charge in [-0.05, 0) is 41.4 Å². The number of rotatable bonds is 4. The van der Waals surface area contributed by atoms with Gasteiger partial charge in [0.05, 0.1) is 6.10 Å². The Bertz CT molecular complexity index is 480. The molecule has 1 aromatic heterocycles. The van der Waals surface area contributed by atoms with Crippen molar-refractivity contribution in [2.75, 3.05) is 0 Å². The molecule has 2 nitrogen and oxygen atoms in total. The second-order valence-corrected chi connectivity index (χ2v) is 4.56. The van der Waals surface area contributed by atoms with E-state index in [1.165, 1.54) is 12.1 Å². The predicted octanol–water partition coefficient (Wildman–Crippen LogP) is 3.52. The van der Waals surface area contributed by atoms with Crippen molar-refractivity contribution in [2.24, 2.45) is 0 Å². The van der Waals surface area contributed by atoms with Crippen LogP contribution in [-0.4, -0.2) is 5.11 Å². The van der Waals surface area contributed by atoms with E-state index in [1.54, 1.807) is 24.3 Å².